The lowest BCUT2D eigenvalue weighted by Gasteiger charge is -2.12. The number of esters is 1. The van der Waals surface area contributed by atoms with E-state index in [4.69, 9.17) is 4.74 Å². The molecule has 0 heterocycles. The highest BCUT2D eigenvalue weighted by atomic mass is 32.2. The maximum Gasteiger partial charge on any atom is 0.340 e. The van der Waals surface area contributed by atoms with E-state index >= 15 is 0 Å². The highest BCUT2D eigenvalue weighted by molar-refractivity contribution is 7.92. The minimum Gasteiger partial charge on any atom is -0.462 e. The zero-order chi connectivity index (χ0) is 16.9. The second-order valence-electron chi connectivity index (χ2n) is 4.87. The summed E-state index contributed by atoms with van der Waals surface area (Å²) in [4.78, 5) is 12.1. The molecule has 0 saturated carbocycles. The molecule has 2 aromatic rings. The van der Waals surface area contributed by atoms with Crippen LogP contribution in [0.1, 0.15) is 29.8 Å². The summed E-state index contributed by atoms with van der Waals surface area (Å²) in [6.07, 6.45) is 0.833. The van der Waals surface area contributed by atoms with Crippen LogP contribution < -0.4 is 4.72 Å². The first-order chi connectivity index (χ1) is 11.0. The first-order valence-corrected chi connectivity index (χ1v) is 8.84. The van der Waals surface area contributed by atoms with Crippen LogP contribution in [-0.4, -0.2) is 21.0 Å². The van der Waals surface area contributed by atoms with E-state index in [0.29, 0.717) is 0 Å². The van der Waals surface area contributed by atoms with Crippen LogP contribution in [0, 0.1) is 0 Å². The third kappa shape index (κ3) is 4.10. The third-order valence-corrected chi connectivity index (χ3v) is 4.69. The number of hydrogen-bond donors (Lipinski definition) is 1. The smallest absolute Gasteiger partial charge is 0.340 e. The van der Waals surface area contributed by atoms with Gasteiger partial charge >= 0.3 is 5.97 Å². The molecule has 0 aliphatic heterocycles. The van der Waals surface area contributed by atoms with Crippen LogP contribution in [-0.2, 0) is 21.2 Å². The molecule has 0 aliphatic rings. The lowest BCUT2D eigenvalue weighted by atomic mass is 10.2. The van der Waals surface area contributed by atoms with Crippen LogP contribution in [0.2, 0.25) is 0 Å². The molecule has 0 amide bonds. The molecule has 6 heteroatoms. The number of aryl methyl sites for hydroxylation is 1. The first-order valence-electron chi connectivity index (χ1n) is 7.35. The van der Waals surface area contributed by atoms with E-state index in [1.165, 1.54) is 12.1 Å². The van der Waals surface area contributed by atoms with Gasteiger partial charge < -0.3 is 4.74 Å². The van der Waals surface area contributed by atoms with Crippen molar-refractivity contribution in [2.75, 3.05) is 11.3 Å². The normalized spacial score (nSPS) is 11.0. The molecule has 23 heavy (non-hydrogen) atoms. The van der Waals surface area contributed by atoms with E-state index in [1.54, 1.807) is 43.3 Å². The van der Waals surface area contributed by atoms with Crippen LogP contribution in [0.5, 0.6) is 0 Å². The lowest BCUT2D eigenvalue weighted by Crippen LogP contribution is -2.16. The van der Waals surface area contributed by atoms with Gasteiger partial charge in [-0.25, -0.2) is 13.2 Å². The predicted molar refractivity (Wildman–Crippen MR) is 89.0 cm³/mol. The third-order valence-electron chi connectivity index (χ3n) is 3.31. The highest BCUT2D eigenvalue weighted by Crippen LogP contribution is 2.21. The average Bonchev–Trinajstić information content (AvgIpc) is 2.55. The largest absolute Gasteiger partial charge is 0.462 e. The number of carbonyl (C=O) groups is 1. The highest BCUT2D eigenvalue weighted by Gasteiger charge is 2.19. The summed E-state index contributed by atoms with van der Waals surface area (Å²) in [5.74, 6) is -0.563. The van der Waals surface area contributed by atoms with E-state index in [9.17, 15) is 13.2 Å². The van der Waals surface area contributed by atoms with Gasteiger partial charge in [-0.15, -0.1) is 0 Å². The van der Waals surface area contributed by atoms with E-state index in [2.05, 4.69) is 4.72 Å². The molecule has 5 nitrogen and oxygen atoms in total. The Hall–Kier alpha value is -2.34. The van der Waals surface area contributed by atoms with E-state index in [1.807, 2.05) is 6.92 Å². The summed E-state index contributed by atoms with van der Waals surface area (Å²) in [7, 11) is -3.77. The van der Waals surface area contributed by atoms with Gasteiger partial charge in [0.25, 0.3) is 10.0 Å². The molecule has 0 fully saturated rings. The minimum atomic E-state index is -3.77. The van der Waals surface area contributed by atoms with Gasteiger partial charge in [0, 0.05) is 0 Å². The van der Waals surface area contributed by atoms with Crippen LogP contribution in [0.25, 0.3) is 0 Å². The molecule has 0 saturated heterocycles. The number of benzene rings is 2. The Bertz CT molecular complexity index is 782. The summed E-state index contributed by atoms with van der Waals surface area (Å²) in [5.41, 5.74) is 1.43. The summed E-state index contributed by atoms with van der Waals surface area (Å²) in [5, 5.41) is 0. The van der Waals surface area contributed by atoms with Crippen molar-refractivity contribution < 1.29 is 17.9 Å². The van der Waals surface area contributed by atoms with Crippen LogP contribution in [0.3, 0.4) is 0 Å². The molecule has 0 atom stereocenters. The number of anilines is 1. The fourth-order valence-electron chi connectivity index (χ4n) is 2.07. The number of hydrogen-bond acceptors (Lipinski definition) is 4. The molecule has 2 rings (SSSR count). The Morgan fingerprint density at radius 1 is 1.04 bits per heavy atom. The summed E-state index contributed by atoms with van der Waals surface area (Å²) < 4.78 is 32.3. The molecule has 0 radical (unpaired) electrons. The van der Waals surface area contributed by atoms with Crippen molar-refractivity contribution in [3.63, 3.8) is 0 Å². The second-order valence-corrected chi connectivity index (χ2v) is 6.55. The monoisotopic (exact) mass is 333 g/mol. The number of nitrogens with one attached hydrogen (secondary N) is 1. The first kappa shape index (κ1) is 17.0. The molecule has 2 aromatic carbocycles. The molecule has 0 bridgehead atoms. The van der Waals surface area contributed by atoms with Gasteiger partial charge in [0.15, 0.2) is 0 Å². The van der Waals surface area contributed by atoms with Crippen LogP contribution in [0.15, 0.2) is 53.4 Å². The summed E-state index contributed by atoms with van der Waals surface area (Å²) in [6.45, 7) is 3.91. The number of sulfonamides is 1. The zero-order valence-corrected chi connectivity index (χ0v) is 13.9. The standard InChI is InChI=1S/C17H19NO4S/c1-3-13-9-11-14(12-10-13)23(20,21)18-16-8-6-5-7-15(16)17(19)22-4-2/h5-12,18H,3-4H2,1-2H3. The maximum atomic E-state index is 12.5. The Morgan fingerprint density at radius 3 is 2.30 bits per heavy atom. The predicted octanol–water partition coefficient (Wildman–Crippen LogP) is 3.23. The van der Waals surface area contributed by atoms with E-state index in [-0.39, 0.29) is 22.8 Å². The zero-order valence-electron chi connectivity index (χ0n) is 13.1. The van der Waals surface area contributed by atoms with Gasteiger partial charge in [0.05, 0.1) is 22.8 Å². The van der Waals surface area contributed by atoms with Gasteiger partial charge in [-0.3, -0.25) is 4.72 Å². The molecule has 122 valence electrons. The number of para-hydroxylation sites is 1. The Labute approximate surface area is 136 Å². The van der Waals surface area contributed by atoms with Crippen LogP contribution in [0.4, 0.5) is 5.69 Å². The number of rotatable bonds is 6. The Kier molecular flexibility index (Phi) is 5.39. The fraction of sp³-hybridized carbons (Fsp3) is 0.235. The molecule has 1 N–H and O–H groups in total. The second kappa shape index (κ2) is 7.28. The van der Waals surface area contributed by atoms with Gasteiger partial charge in [-0.1, -0.05) is 31.2 Å². The van der Waals surface area contributed by atoms with Gasteiger partial charge in [-0.05, 0) is 43.2 Å². The minimum absolute atomic E-state index is 0.147. The SMILES string of the molecule is CCOC(=O)c1ccccc1NS(=O)(=O)c1ccc(CC)cc1. The Balaban J connectivity index is 2.31. The maximum absolute atomic E-state index is 12.5. The van der Waals surface area contributed by atoms with Crippen molar-refractivity contribution in [1.29, 1.82) is 0 Å². The number of carbonyl (C=O) groups excluding carboxylic acids is 1. The Morgan fingerprint density at radius 2 is 1.70 bits per heavy atom. The summed E-state index contributed by atoms with van der Waals surface area (Å²) in [6, 6.07) is 13.0. The number of ether oxygens (including phenoxy) is 1. The molecule has 0 unspecified atom stereocenters. The summed E-state index contributed by atoms with van der Waals surface area (Å²) >= 11 is 0. The van der Waals surface area contributed by atoms with Crippen molar-refractivity contribution in [2.24, 2.45) is 0 Å². The van der Waals surface area contributed by atoms with Crippen molar-refractivity contribution >= 4 is 21.7 Å². The van der Waals surface area contributed by atoms with E-state index in [0.717, 1.165) is 12.0 Å². The molecule has 0 aromatic heterocycles. The van der Waals surface area contributed by atoms with Crippen LogP contribution >= 0.6 is 0 Å². The van der Waals surface area contributed by atoms with Crippen molar-refractivity contribution in [3.05, 3.63) is 59.7 Å². The van der Waals surface area contributed by atoms with Crippen molar-refractivity contribution in [1.82, 2.24) is 0 Å². The van der Waals surface area contributed by atoms with E-state index < -0.39 is 16.0 Å². The van der Waals surface area contributed by atoms with Crippen molar-refractivity contribution in [3.8, 4) is 0 Å². The van der Waals surface area contributed by atoms with Gasteiger partial charge in [-0.2, -0.15) is 0 Å². The molecular formula is C17H19NO4S. The molecular weight excluding hydrogens is 314 g/mol. The quantitative estimate of drug-likeness (QED) is 0.824. The molecule has 0 spiro atoms. The lowest BCUT2D eigenvalue weighted by molar-refractivity contribution is 0.0527. The van der Waals surface area contributed by atoms with Crippen molar-refractivity contribution in [2.45, 2.75) is 25.2 Å². The topological polar surface area (TPSA) is 72.5 Å². The fourth-order valence-corrected chi connectivity index (χ4v) is 3.15. The van der Waals surface area contributed by atoms with Gasteiger partial charge in [0.2, 0.25) is 0 Å². The molecule has 0 aliphatic carbocycles. The van der Waals surface area contributed by atoms with Gasteiger partial charge in [0.1, 0.15) is 0 Å². The average molecular weight is 333 g/mol.